The fourth-order valence-corrected chi connectivity index (χ4v) is 2.37. The zero-order valence-electron chi connectivity index (χ0n) is 12.2. The van der Waals surface area contributed by atoms with Crippen LogP contribution in [-0.4, -0.2) is 42.1 Å². The molecule has 1 aliphatic carbocycles. The van der Waals surface area contributed by atoms with Crippen LogP contribution >= 0.6 is 0 Å². The van der Waals surface area contributed by atoms with Crippen molar-refractivity contribution in [1.29, 1.82) is 0 Å². The number of ether oxygens (including phenoxy) is 1. The molecule has 1 saturated carbocycles. The molecule has 0 aromatic heterocycles. The SMILES string of the molecule is CCCN(CC(N)(C(=O)OCC)C1CC1)C(C)C. The highest BCUT2D eigenvalue weighted by Gasteiger charge is 2.50. The maximum Gasteiger partial charge on any atom is 0.327 e. The molecule has 0 amide bonds. The molecule has 0 radical (unpaired) electrons. The minimum Gasteiger partial charge on any atom is -0.465 e. The maximum absolute atomic E-state index is 12.1. The first-order chi connectivity index (χ1) is 8.45. The van der Waals surface area contributed by atoms with Gasteiger partial charge in [-0.3, -0.25) is 4.90 Å². The van der Waals surface area contributed by atoms with E-state index < -0.39 is 5.54 Å². The smallest absolute Gasteiger partial charge is 0.327 e. The first kappa shape index (κ1) is 15.4. The van der Waals surface area contributed by atoms with Crippen LogP contribution in [0.2, 0.25) is 0 Å². The Morgan fingerprint density at radius 1 is 1.44 bits per heavy atom. The Morgan fingerprint density at radius 3 is 2.44 bits per heavy atom. The highest BCUT2D eigenvalue weighted by atomic mass is 16.5. The van der Waals surface area contributed by atoms with Crippen molar-refractivity contribution in [3.05, 3.63) is 0 Å². The second-order valence-electron chi connectivity index (χ2n) is 5.60. The van der Waals surface area contributed by atoms with Crippen LogP contribution in [0.1, 0.15) is 47.0 Å². The molecule has 2 N–H and O–H groups in total. The number of carbonyl (C=O) groups excluding carboxylic acids is 1. The van der Waals surface area contributed by atoms with Crippen molar-refractivity contribution < 1.29 is 9.53 Å². The average molecular weight is 256 g/mol. The molecule has 0 aromatic carbocycles. The Balaban J connectivity index is 2.74. The summed E-state index contributed by atoms with van der Waals surface area (Å²) >= 11 is 0. The van der Waals surface area contributed by atoms with Crippen molar-refractivity contribution in [2.45, 2.75) is 58.5 Å². The van der Waals surface area contributed by atoms with Crippen LogP contribution < -0.4 is 5.73 Å². The normalized spacial score (nSPS) is 19.1. The largest absolute Gasteiger partial charge is 0.465 e. The van der Waals surface area contributed by atoms with Gasteiger partial charge in [-0.1, -0.05) is 6.92 Å². The van der Waals surface area contributed by atoms with Crippen LogP contribution in [0.4, 0.5) is 0 Å². The molecule has 1 fully saturated rings. The minimum absolute atomic E-state index is 0.228. The van der Waals surface area contributed by atoms with Crippen molar-refractivity contribution in [1.82, 2.24) is 4.90 Å². The molecule has 4 heteroatoms. The van der Waals surface area contributed by atoms with Gasteiger partial charge in [0.2, 0.25) is 0 Å². The summed E-state index contributed by atoms with van der Waals surface area (Å²) in [6, 6.07) is 0.404. The van der Waals surface area contributed by atoms with Gasteiger partial charge in [0.15, 0.2) is 0 Å². The average Bonchev–Trinajstić information content (AvgIpc) is 3.12. The van der Waals surface area contributed by atoms with Gasteiger partial charge in [-0.2, -0.15) is 0 Å². The van der Waals surface area contributed by atoms with Gasteiger partial charge >= 0.3 is 5.97 Å². The van der Waals surface area contributed by atoms with E-state index in [1.165, 1.54) is 0 Å². The Morgan fingerprint density at radius 2 is 2.06 bits per heavy atom. The van der Waals surface area contributed by atoms with Crippen molar-refractivity contribution >= 4 is 5.97 Å². The van der Waals surface area contributed by atoms with Gasteiger partial charge in [-0.25, -0.2) is 4.79 Å². The van der Waals surface area contributed by atoms with Gasteiger partial charge < -0.3 is 10.5 Å². The fourth-order valence-electron chi connectivity index (χ4n) is 2.37. The van der Waals surface area contributed by atoms with E-state index in [1.54, 1.807) is 0 Å². The molecule has 0 bridgehead atoms. The number of hydrogen-bond donors (Lipinski definition) is 1. The van der Waals surface area contributed by atoms with Crippen LogP contribution in [0.5, 0.6) is 0 Å². The third kappa shape index (κ3) is 3.69. The van der Waals surface area contributed by atoms with Gasteiger partial charge in [-0.05, 0) is 52.5 Å². The van der Waals surface area contributed by atoms with E-state index in [0.29, 0.717) is 25.1 Å². The van der Waals surface area contributed by atoms with E-state index in [9.17, 15) is 4.79 Å². The highest BCUT2D eigenvalue weighted by Crippen LogP contribution is 2.39. The standard InChI is InChI=1S/C14H28N2O2/c1-5-9-16(11(3)4)10-14(15,12-7-8-12)13(17)18-6-2/h11-12H,5-10,15H2,1-4H3. The molecule has 0 spiro atoms. The van der Waals surface area contributed by atoms with Crippen LogP contribution in [0.15, 0.2) is 0 Å². The van der Waals surface area contributed by atoms with Gasteiger partial charge in [0.25, 0.3) is 0 Å². The molecule has 0 aliphatic heterocycles. The number of carbonyl (C=O) groups is 1. The molecular formula is C14H28N2O2. The number of hydrogen-bond acceptors (Lipinski definition) is 4. The number of nitrogens with zero attached hydrogens (tertiary/aromatic N) is 1. The third-order valence-corrected chi connectivity index (χ3v) is 3.67. The van der Waals surface area contributed by atoms with Crippen molar-refractivity contribution in [2.24, 2.45) is 11.7 Å². The molecule has 1 atom stereocenters. The second kappa shape index (κ2) is 6.53. The van der Waals surface area contributed by atoms with E-state index >= 15 is 0 Å². The van der Waals surface area contributed by atoms with E-state index in [1.807, 2.05) is 6.92 Å². The zero-order valence-corrected chi connectivity index (χ0v) is 12.2. The van der Waals surface area contributed by atoms with Crippen molar-refractivity contribution in [3.63, 3.8) is 0 Å². The van der Waals surface area contributed by atoms with Crippen LogP contribution in [-0.2, 0) is 9.53 Å². The molecule has 0 saturated heterocycles. The van der Waals surface area contributed by atoms with Gasteiger partial charge in [0.05, 0.1) is 6.61 Å². The number of rotatable bonds is 8. The van der Waals surface area contributed by atoms with Gasteiger partial charge in [0.1, 0.15) is 5.54 Å². The Labute approximate surface area is 111 Å². The summed E-state index contributed by atoms with van der Waals surface area (Å²) in [6.45, 7) is 10.3. The van der Waals surface area contributed by atoms with E-state index in [4.69, 9.17) is 10.5 Å². The van der Waals surface area contributed by atoms with Crippen molar-refractivity contribution in [3.8, 4) is 0 Å². The number of nitrogens with two attached hydrogens (primary N) is 1. The molecule has 4 nitrogen and oxygen atoms in total. The predicted octanol–water partition coefficient (Wildman–Crippen LogP) is 1.78. The Hall–Kier alpha value is -0.610. The summed E-state index contributed by atoms with van der Waals surface area (Å²) < 4.78 is 5.18. The predicted molar refractivity (Wildman–Crippen MR) is 73.3 cm³/mol. The Bertz CT molecular complexity index is 277. The van der Waals surface area contributed by atoms with E-state index in [2.05, 4.69) is 25.7 Å². The summed E-state index contributed by atoms with van der Waals surface area (Å²) in [5, 5.41) is 0. The number of esters is 1. The van der Waals surface area contributed by atoms with E-state index in [0.717, 1.165) is 25.8 Å². The third-order valence-electron chi connectivity index (χ3n) is 3.67. The molecular weight excluding hydrogens is 228 g/mol. The molecule has 1 rings (SSSR count). The van der Waals surface area contributed by atoms with Crippen LogP contribution in [0.3, 0.4) is 0 Å². The summed E-state index contributed by atoms with van der Waals surface area (Å²) in [4.78, 5) is 14.4. The van der Waals surface area contributed by atoms with Crippen molar-refractivity contribution in [2.75, 3.05) is 19.7 Å². The Kier molecular flexibility index (Phi) is 5.60. The monoisotopic (exact) mass is 256 g/mol. The summed E-state index contributed by atoms with van der Waals surface area (Å²) in [5.74, 6) is 0.0731. The van der Waals surface area contributed by atoms with Crippen LogP contribution in [0.25, 0.3) is 0 Å². The molecule has 0 aromatic rings. The van der Waals surface area contributed by atoms with Gasteiger partial charge in [0, 0.05) is 12.6 Å². The quantitative estimate of drug-likeness (QED) is 0.673. The minimum atomic E-state index is -0.810. The van der Waals surface area contributed by atoms with Crippen LogP contribution in [0, 0.1) is 5.92 Å². The first-order valence-corrected chi connectivity index (χ1v) is 7.15. The lowest BCUT2D eigenvalue weighted by molar-refractivity contribution is -0.151. The summed E-state index contributed by atoms with van der Waals surface area (Å²) in [7, 11) is 0. The highest BCUT2D eigenvalue weighted by molar-refractivity contribution is 5.82. The second-order valence-corrected chi connectivity index (χ2v) is 5.60. The lowest BCUT2D eigenvalue weighted by Gasteiger charge is -2.35. The summed E-state index contributed by atoms with van der Waals surface area (Å²) in [6.07, 6.45) is 3.17. The molecule has 1 unspecified atom stereocenters. The molecule has 0 heterocycles. The molecule has 18 heavy (non-hydrogen) atoms. The fraction of sp³-hybridized carbons (Fsp3) is 0.929. The first-order valence-electron chi connectivity index (χ1n) is 7.15. The molecule has 106 valence electrons. The lowest BCUT2D eigenvalue weighted by Crippen LogP contribution is -2.59. The van der Waals surface area contributed by atoms with Gasteiger partial charge in [-0.15, -0.1) is 0 Å². The van der Waals surface area contributed by atoms with E-state index in [-0.39, 0.29) is 5.97 Å². The topological polar surface area (TPSA) is 55.6 Å². The molecule has 1 aliphatic rings. The summed E-state index contributed by atoms with van der Waals surface area (Å²) in [5.41, 5.74) is 5.58. The zero-order chi connectivity index (χ0) is 13.8. The maximum atomic E-state index is 12.1. The lowest BCUT2D eigenvalue weighted by atomic mass is 9.93.